The summed E-state index contributed by atoms with van der Waals surface area (Å²) in [6.45, 7) is 3.26. The molecule has 0 spiro atoms. The van der Waals surface area contributed by atoms with Gasteiger partial charge in [-0.15, -0.1) is 11.8 Å². The van der Waals surface area contributed by atoms with E-state index in [-0.39, 0.29) is 6.61 Å². The third kappa shape index (κ3) is 11.0. The molecule has 3 amide bonds. The molecular weight excluding hydrogens is 618 g/mol. The highest BCUT2D eigenvalue weighted by Crippen LogP contribution is 2.41. The van der Waals surface area contributed by atoms with Gasteiger partial charge in [-0.05, 0) is 49.8 Å². The lowest BCUT2D eigenvalue weighted by Gasteiger charge is -2.33. The Morgan fingerprint density at radius 3 is 2.11 bits per heavy atom. The molecule has 3 aromatic carbocycles. The summed E-state index contributed by atoms with van der Waals surface area (Å²) in [6, 6.07) is 27.7. The maximum atomic E-state index is 14.4. The van der Waals surface area contributed by atoms with Crippen molar-refractivity contribution in [1.29, 1.82) is 0 Å². The molecule has 0 saturated carbocycles. The number of nitrogens with one attached hydrogen (secondary N) is 2. The van der Waals surface area contributed by atoms with E-state index >= 15 is 0 Å². The third-order valence-electron chi connectivity index (χ3n) is 7.41. The van der Waals surface area contributed by atoms with Crippen molar-refractivity contribution in [3.8, 4) is 0 Å². The number of amides is 3. The van der Waals surface area contributed by atoms with Crippen LogP contribution in [0.25, 0.3) is 0 Å². The Hall–Kier alpha value is -4.64. The number of benzene rings is 3. The van der Waals surface area contributed by atoms with Gasteiger partial charge in [-0.3, -0.25) is 14.4 Å². The molecule has 1 aliphatic rings. The summed E-state index contributed by atoms with van der Waals surface area (Å²) in [5.74, 6) is -2.82. The summed E-state index contributed by atoms with van der Waals surface area (Å²) in [5.41, 5.74) is 2.83. The number of esters is 1. The number of carbonyl (C=O) groups is 5. The predicted molar refractivity (Wildman–Crippen MR) is 179 cm³/mol. The van der Waals surface area contributed by atoms with Crippen LogP contribution >= 0.6 is 11.8 Å². The second kappa shape index (κ2) is 17.9. The van der Waals surface area contributed by atoms with Gasteiger partial charge in [-0.25, -0.2) is 9.59 Å². The Kier molecular flexibility index (Phi) is 13.4. The highest BCUT2D eigenvalue weighted by molar-refractivity contribution is 7.99. The fourth-order valence-corrected chi connectivity index (χ4v) is 6.53. The van der Waals surface area contributed by atoms with E-state index in [2.05, 4.69) is 10.6 Å². The lowest BCUT2D eigenvalue weighted by Crippen LogP contribution is -2.55. The van der Waals surface area contributed by atoms with Crippen molar-refractivity contribution in [2.45, 2.75) is 76.2 Å². The average Bonchev–Trinajstić information content (AvgIpc) is 3.49. The highest BCUT2D eigenvalue weighted by atomic mass is 32.2. The molecule has 248 valence electrons. The summed E-state index contributed by atoms with van der Waals surface area (Å²) in [7, 11) is 0. The third-order valence-corrected chi connectivity index (χ3v) is 8.74. The average molecular weight is 660 g/mol. The number of carbonyl (C=O) groups excluding carboxylic acids is 5. The van der Waals surface area contributed by atoms with Crippen LogP contribution in [0.3, 0.4) is 0 Å². The zero-order chi connectivity index (χ0) is 33.6. The first-order valence-electron chi connectivity index (χ1n) is 15.7. The molecule has 0 unspecified atom stereocenters. The highest BCUT2D eigenvalue weighted by Gasteiger charge is 2.42. The Morgan fingerprint density at radius 2 is 1.47 bits per heavy atom. The number of ether oxygens (including phenoxy) is 2. The number of thioether (sulfide) groups is 1. The lowest BCUT2D eigenvalue weighted by molar-refractivity contribution is -0.157. The summed E-state index contributed by atoms with van der Waals surface area (Å²) >= 11 is 1.45. The Balaban J connectivity index is 1.51. The van der Waals surface area contributed by atoms with Gasteiger partial charge >= 0.3 is 12.1 Å². The van der Waals surface area contributed by atoms with Crippen LogP contribution in [-0.4, -0.2) is 58.6 Å². The molecule has 1 saturated heterocycles. The van der Waals surface area contributed by atoms with E-state index in [1.54, 1.807) is 18.7 Å². The molecule has 1 heterocycles. The van der Waals surface area contributed by atoms with Crippen LogP contribution in [0.1, 0.15) is 61.6 Å². The summed E-state index contributed by atoms with van der Waals surface area (Å²) in [4.78, 5) is 66.2. The molecular formula is C36H41N3O7S. The van der Waals surface area contributed by atoms with Gasteiger partial charge in [0.2, 0.25) is 17.6 Å². The van der Waals surface area contributed by atoms with E-state index in [0.29, 0.717) is 18.6 Å². The van der Waals surface area contributed by atoms with Crippen LogP contribution in [-0.2, 0) is 41.7 Å². The van der Waals surface area contributed by atoms with Crippen LogP contribution in [0.5, 0.6) is 0 Å². The monoisotopic (exact) mass is 659 g/mol. The van der Waals surface area contributed by atoms with E-state index in [4.69, 9.17) is 9.47 Å². The minimum atomic E-state index is -1.08. The van der Waals surface area contributed by atoms with Crippen molar-refractivity contribution in [2.75, 3.05) is 5.75 Å². The number of aryl methyl sites for hydroxylation is 1. The maximum Gasteiger partial charge on any atom is 0.408 e. The molecule has 0 bridgehead atoms. The van der Waals surface area contributed by atoms with E-state index in [1.165, 1.54) is 17.3 Å². The molecule has 2 N–H and O–H groups in total. The zero-order valence-corrected chi connectivity index (χ0v) is 27.4. The molecule has 0 radical (unpaired) electrons. The Morgan fingerprint density at radius 1 is 0.851 bits per heavy atom. The second-order valence-corrected chi connectivity index (χ2v) is 12.6. The van der Waals surface area contributed by atoms with Gasteiger partial charge in [0.15, 0.2) is 0 Å². The first-order chi connectivity index (χ1) is 22.7. The first-order valence-corrected chi connectivity index (χ1v) is 16.8. The van der Waals surface area contributed by atoms with Gasteiger partial charge in [0, 0.05) is 5.75 Å². The first kappa shape index (κ1) is 35.2. The Bertz CT molecular complexity index is 1490. The van der Waals surface area contributed by atoms with Gasteiger partial charge in [-0.2, -0.15) is 0 Å². The van der Waals surface area contributed by atoms with Gasteiger partial charge in [0.1, 0.15) is 24.2 Å². The van der Waals surface area contributed by atoms with Crippen LogP contribution < -0.4 is 10.6 Å². The second-order valence-electron chi connectivity index (χ2n) is 11.5. The summed E-state index contributed by atoms with van der Waals surface area (Å²) in [5, 5.41) is 5.08. The minimum Gasteiger partial charge on any atom is -0.457 e. The smallest absolute Gasteiger partial charge is 0.408 e. The predicted octanol–water partition coefficient (Wildman–Crippen LogP) is 5.32. The molecule has 47 heavy (non-hydrogen) atoms. The lowest BCUT2D eigenvalue weighted by atomic mass is 10.0. The molecule has 3 aromatic rings. The van der Waals surface area contributed by atoms with Crippen molar-refractivity contribution in [2.24, 2.45) is 0 Å². The number of alkyl carbamates (subject to hydrolysis) is 1. The van der Waals surface area contributed by atoms with Gasteiger partial charge in [-0.1, -0.05) is 97.4 Å². The van der Waals surface area contributed by atoms with Crippen molar-refractivity contribution in [3.05, 3.63) is 108 Å². The number of hydrogen-bond acceptors (Lipinski definition) is 8. The van der Waals surface area contributed by atoms with Gasteiger partial charge < -0.3 is 25.0 Å². The number of Topliss-reactive ketones (excluding diaryl/α,β-unsaturated/α-hetero) is 1. The van der Waals surface area contributed by atoms with Crippen molar-refractivity contribution < 1.29 is 33.4 Å². The molecule has 1 fully saturated rings. The number of rotatable bonds is 15. The molecule has 4 rings (SSSR count). The van der Waals surface area contributed by atoms with Crippen LogP contribution in [0.4, 0.5) is 4.79 Å². The van der Waals surface area contributed by atoms with E-state index in [0.717, 1.165) is 24.0 Å². The quantitative estimate of drug-likeness (QED) is 0.0971. The van der Waals surface area contributed by atoms with Gasteiger partial charge in [0.25, 0.3) is 0 Å². The van der Waals surface area contributed by atoms with Crippen molar-refractivity contribution in [1.82, 2.24) is 15.5 Å². The molecule has 11 heteroatoms. The number of hydrogen-bond donors (Lipinski definition) is 2. The summed E-state index contributed by atoms with van der Waals surface area (Å²) in [6.07, 6.45) is -0.144. The number of unbranched alkanes of at least 4 members (excludes halogenated alkanes) is 1. The zero-order valence-electron chi connectivity index (χ0n) is 26.6. The SMILES string of the molecule is CC(C)OC(=O)C(=O)CC(=O)N[C@H]1CS[C@H](c2ccccc2)N1C(=O)[C@@H](CCCCc1ccccc1)NC(=O)OCc1ccccc1. The Labute approximate surface area is 279 Å². The molecule has 0 aromatic heterocycles. The van der Waals surface area contributed by atoms with Crippen LogP contribution in [0.2, 0.25) is 0 Å². The topological polar surface area (TPSA) is 131 Å². The van der Waals surface area contributed by atoms with Crippen LogP contribution in [0.15, 0.2) is 91.0 Å². The largest absolute Gasteiger partial charge is 0.457 e. The van der Waals surface area contributed by atoms with Crippen molar-refractivity contribution in [3.63, 3.8) is 0 Å². The maximum absolute atomic E-state index is 14.4. The molecule has 3 atom stereocenters. The van der Waals surface area contributed by atoms with Gasteiger partial charge in [0.05, 0.1) is 12.5 Å². The fraction of sp³-hybridized carbons (Fsp3) is 0.361. The van der Waals surface area contributed by atoms with Crippen LogP contribution in [0, 0.1) is 0 Å². The fourth-order valence-electron chi connectivity index (χ4n) is 5.16. The number of nitrogens with zero attached hydrogens (tertiary/aromatic N) is 1. The minimum absolute atomic E-state index is 0.0414. The number of ketones is 1. The van der Waals surface area contributed by atoms with Crippen molar-refractivity contribution >= 4 is 41.4 Å². The molecule has 1 aliphatic heterocycles. The molecule has 0 aliphatic carbocycles. The van der Waals surface area contributed by atoms with E-state index < -0.39 is 59.8 Å². The van der Waals surface area contributed by atoms with E-state index in [9.17, 15) is 24.0 Å². The standard InChI is InChI=1S/C36H41N3O7S/c1-25(2)46-35(43)30(40)22-32(41)38-31-24-47-34(28-19-10-5-11-20-28)39(31)33(42)29(21-13-12-16-26-14-6-3-7-15-26)37-36(44)45-23-27-17-8-4-9-18-27/h3-11,14-15,17-20,25,29,31,34H,12-13,16,21-24H2,1-2H3,(H,37,44)(H,38,41)/t29-,31-,34-/m1/s1. The van der Waals surface area contributed by atoms with E-state index in [1.807, 2.05) is 91.0 Å². The molecule has 10 nitrogen and oxygen atoms in total. The normalized spacial score (nSPS) is 16.3. The summed E-state index contributed by atoms with van der Waals surface area (Å²) < 4.78 is 10.4.